The van der Waals surface area contributed by atoms with Gasteiger partial charge in [0.25, 0.3) is 0 Å². The summed E-state index contributed by atoms with van der Waals surface area (Å²) in [4.78, 5) is 14.4. The molecule has 0 heterocycles. The van der Waals surface area contributed by atoms with Crippen LogP contribution in [0.25, 0.3) is 0 Å². The average molecular weight is 254 g/mol. The highest BCUT2D eigenvalue weighted by Gasteiger charge is 2.31. The number of rotatable bonds is 9. The number of amides is 1. The van der Waals surface area contributed by atoms with Gasteiger partial charge in [-0.1, -0.05) is 20.8 Å². The molecule has 1 unspecified atom stereocenters. The van der Waals surface area contributed by atoms with Crippen molar-refractivity contribution in [2.75, 3.05) is 13.1 Å². The van der Waals surface area contributed by atoms with E-state index in [0.717, 1.165) is 32.4 Å². The normalized spacial score (nSPS) is 16.9. The summed E-state index contributed by atoms with van der Waals surface area (Å²) in [6.45, 7) is 8.28. The fraction of sp³-hybridized carbons (Fsp3) is 0.933. The zero-order chi connectivity index (χ0) is 13.5. The number of nitrogens with two attached hydrogens (primary N) is 1. The summed E-state index contributed by atoms with van der Waals surface area (Å²) in [6, 6.07) is 0.560. The van der Waals surface area contributed by atoms with Gasteiger partial charge in [0, 0.05) is 19.0 Å². The minimum Gasteiger partial charge on any atom is -0.340 e. The maximum Gasteiger partial charge on any atom is 0.222 e. The van der Waals surface area contributed by atoms with Crippen LogP contribution in [0.15, 0.2) is 0 Å². The molecule has 0 bridgehead atoms. The molecule has 106 valence electrons. The lowest BCUT2D eigenvalue weighted by Crippen LogP contribution is -2.34. The molecule has 2 N–H and O–H groups in total. The molecule has 0 radical (unpaired) electrons. The molecule has 18 heavy (non-hydrogen) atoms. The number of hydrogen-bond donors (Lipinski definition) is 1. The van der Waals surface area contributed by atoms with Gasteiger partial charge < -0.3 is 10.6 Å². The second kappa shape index (κ2) is 7.78. The molecule has 0 spiro atoms. The molecular formula is C15H30N2O. The third kappa shape index (κ3) is 4.97. The van der Waals surface area contributed by atoms with E-state index in [2.05, 4.69) is 25.7 Å². The Balaban J connectivity index is 2.37. The quantitative estimate of drug-likeness (QED) is 0.687. The summed E-state index contributed by atoms with van der Waals surface area (Å²) in [6.07, 6.45) is 6.24. The summed E-state index contributed by atoms with van der Waals surface area (Å²) in [7, 11) is 0. The molecule has 0 aromatic heterocycles. The second-order valence-corrected chi connectivity index (χ2v) is 5.94. The van der Waals surface area contributed by atoms with E-state index in [0.29, 0.717) is 30.2 Å². The maximum atomic E-state index is 12.2. The minimum absolute atomic E-state index is 0.363. The van der Waals surface area contributed by atoms with Gasteiger partial charge in [-0.25, -0.2) is 0 Å². The average Bonchev–Trinajstić information content (AvgIpc) is 3.14. The Labute approximate surface area is 112 Å². The molecule has 0 saturated heterocycles. The predicted molar refractivity (Wildman–Crippen MR) is 76.3 cm³/mol. The van der Waals surface area contributed by atoms with Gasteiger partial charge in [0.15, 0.2) is 0 Å². The fourth-order valence-corrected chi connectivity index (χ4v) is 2.62. The van der Waals surface area contributed by atoms with E-state index >= 15 is 0 Å². The van der Waals surface area contributed by atoms with Gasteiger partial charge in [-0.05, 0) is 50.5 Å². The highest BCUT2D eigenvalue weighted by Crippen LogP contribution is 2.28. The summed E-state index contributed by atoms with van der Waals surface area (Å²) in [5, 5.41) is 0. The van der Waals surface area contributed by atoms with Crippen molar-refractivity contribution in [2.24, 2.45) is 17.6 Å². The van der Waals surface area contributed by atoms with E-state index in [9.17, 15) is 4.79 Å². The molecule has 0 aliphatic heterocycles. The SMILES string of the molecule is CCCN(C(=O)CCC(CCN)C(C)C)C1CC1. The van der Waals surface area contributed by atoms with Gasteiger partial charge in [-0.3, -0.25) is 4.79 Å². The van der Waals surface area contributed by atoms with Crippen molar-refractivity contribution >= 4 is 5.91 Å². The van der Waals surface area contributed by atoms with E-state index in [1.54, 1.807) is 0 Å². The van der Waals surface area contributed by atoms with Gasteiger partial charge in [-0.2, -0.15) is 0 Å². The first-order valence-corrected chi connectivity index (χ1v) is 7.59. The van der Waals surface area contributed by atoms with Crippen LogP contribution in [0.5, 0.6) is 0 Å². The molecule has 1 aliphatic rings. The van der Waals surface area contributed by atoms with Gasteiger partial charge in [-0.15, -0.1) is 0 Å². The molecule has 1 rings (SSSR count). The lowest BCUT2D eigenvalue weighted by molar-refractivity contribution is -0.132. The zero-order valence-corrected chi connectivity index (χ0v) is 12.3. The number of nitrogens with zero attached hydrogens (tertiary/aromatic N) is 1. The van der Waals surface area contributed by atoms with Gasteiger partial charge >= 0.3 is 0 Å². The van der Waals surface area contributed by atoms with Gasteiger partial charge in [0.1, 0.15) is 0 Å². The zero-order valence-electron chi connectivity index (χ0n) is 12.3. The second-order valence-electron chi connectivity index (χ2n) is 5.94. The Morgan fingerprint density at radius 3 is 2.44 bits per heavy atom. The number of carbonyl (C=O) groups excluding carboxylic acids is 1. The third-order valence-electron chi connectivity index (χ3n) is 3.98. The number of hydrogen-bond acceptors (Lipinski definition) is 2. The van der Waals surface area contributed by atoms with Gasteiger partial charge in [0.05, 0.1) is 0 Å². The van der Waals surface area contributed by atoms with Crippen molar-refractivity contribution in [1.29, 1.82) is 0 Å². The van der Waals surface area contributed by atoms with E-state index in [1.807, 2.05) is 0 Å². The molecule has 1 saturated carbocycles. The van der Waals surface area contributed by atoms with Crippen LogP contribution in [0.1, 0.15) is 59.3 Å². The molecule has 3 nitrogen and oxygen atoms in total. The van der Waals surface area contributed by atoms with Crippen molar-refractivity contribution in [3.63, 3.8) is 0 Å². The first kappa shape index (κ1) is 15.5. The van der Waals surface area contributed by atoms with Gasteiger partial charge in [0.2, 0.25) is 5.91 Å². The molecule has 0 aromatic carbocycles. The molecule has 1 amide bonds. The van der Waals surface area contributed by atoms with Crippen molar-refractivity contribution in [2.45, 2.75) is 65.3 Å². The Morgan fingerprint density at radius 2 is 2.00 bits per heavy atom. The van der Waals surface area contributed by atoms with Crippen LogP contribution in [0.4, 0.5) is 0 Å². The molecular weight excluding hydrogens is 224 g/mol. The largest absolute Gasteiger partial charge is 0.340 e. The first-order chi connectivity index (χ1) is 8.60. The molecule has 3 heteroatoms. The molecule has 1 atom stereocenters. The van der Waals surface area contributed by atoms with Crippen LogP contribution < -0.4 is 5.73 Å². The van der Waals surface area contributed by atoms with E-state index in [-0.39, 0.29) is 0 Å². The van der Waals surface area contributed by atoms with Crippen LogP contribution in [0, 0.1) is 11.8 Å². The highest BCUT2D eigenvalue weighted by atomic mass is 16.2. The van der Waals surface area contributed by atoms with Crippen LogP contribution >= 0.6 is 0 Å². The first-order valence-electron chi connectivity index (χ1n) is 7.59. The van der Waals surface area contributed by atoms with Crippen LogP contribution in [-0.4, -0.2) is 29.9 Å². The molecule has 1 fully saturated rings. The van der Waals surface area contributed by atoms with Crippen molar-refractivity contribution in [3.05, 3.63) is 0 Å². The third-order valence-corrected chi connectivity index (χ3v) is 3.98. The lowest BCUT2D eigenvalue weighted by atomic mass is 9.88. The summed E-state index contributed by atoms with van der Waals surface area (Å²) < 4.78 is 0. The maximum absolute atomic E-state index is 12.2. The van der Waals surface area contributed by atoms with Crippen molar-refractivity contribution in [3.8, 4) is 0 Å². The van der Waals surface area contributed by atoms with Crippen molar-refractivity contribution < 1.29 is 4.79 Å². The van der Waals surface area contributed by atoms with E-state index in [1.165, 1.54) is 12.8 Å². The van der Waals surface area contributed by atoms with Crippen LogP contribution in [0.2, 0.25) is 0 Å². The standard InChI is InChI=1S/C15H30N2O/c1-4-11-17(14-6-7-14)15(18)8-5-13(9-10-16)12(2)3/h12-14H,4-11,16H2,1-3H3. The van der Waals surface area contributed by atoms with E-state index in [4.69, 9.17) is 5.73 Å². The summed E-state index contributed by atoms with van der Waals surface area (Å²) in [5.41, 5.74) is 5.64. The summed E-state index contributed by atoms with van der Waals surface area (Å²) >= 11 is 0. The Kier molecular flexibility index (Phi) is 6.69. The smallest absolute Gasteiger partial charge is 0.222 e. The van der Waals surface area contributed by atoms with Crippen LogP contribution in [0.3, 0.4) is 0 Å². The highest BCUT2D eigenvalue weighted by molar-refractivity contribution is 5.76. The topological polar surface area (TPSA) is 46.3 Å². The summed E-state index contributed by atoms with van der Waals surface area (Å²) in [5.74, 6) is 1.59. The van der Waals surface area contributed by atoms with Crippen LogP contribution in [-0.2, 0) is 4.79 Å². The van der Waals surface area contributed by atoms with E-state index < -0.39 is 0 Å². The Bertz CT molecular complexity index is 249. The lowest BCUT2D eigenvalue weighted by Gasteiger charge is -2.24. The Morgan fingerprint density at radius 1 is 1.33 bits per heavy atom. The fourth-order valence-electron chi connectivity index (χ4n) is 2.62. The Hall–Kier alpha value is -0.570. The van der Waals surface area contributed by atoms with Crippen molar-refractivity contribution in [1.82, 2.24) is 4.90 Å². The number of carbonyl (C=O) groups is 1. The monoisotopic (exact) mass is 254 g/mol. The minimum atomic E-state index is 0.363. The molecule has 0 aromatic rings. The molecule has 1 aliphatic carbocycles. The predicted octanol–water partition coefficient (Wildman–Crippen LogP) is 2.79.